The Morgan fingerprint density at radius 2 is 1.95 bits per heavy atom. The van der Waals surface area contributed by atoms with E-state index in [2.05, 4.69) is 20.8 Å². The van der Waals surface area contributed by atoms with Crippen molar-refractivity contribution in [3.8, 4) is 0 Å². The van der Waals surface area contributed by atoms with E-state index in [9.17, 15) is 8.42 Å². The molecule has 5 nitrogen and oxygen atoms in total. The summed E-state index contributed by atoms with van der Waals surface area (Å²) >= 11 is 3.31. The van der Waals surface area contributed by atoms with Crippen molar-refractivity contribution in [2.24, 2.45) is 5.73 Å². The normalized spacial score (nSPS) is 24.2. The molecule has 2 atom stereocenters. The van der Waals surface area contributed by atoms with Gasteiger partial charge in [-0.3, -0.25) is 0 Å². The van der Waals surface area contributed by atoms with Gasteiger partial charge < -0.3 is 5.73 Å². The van der Waals surface area contributed by atoms with Crippen molar-refractivity contribution >= 4 is 26.0 Å². The molecule has 1 aromatic carbocycles. The summed E-state index contributed by atoms with van der Waals surface area (Å²) < 4.78 is 25.9. The van der Waals surface area contributed by atoms with Crippen molar-refractivity contribution in [2.45, 2.75) is 56.6 Å². The molecular formula is C14H22BrN3O2S. The van der Waals surface area contributed by atoms with E-state index in [-0.39, 0.29) is 17.0 Å². The number of rotatable bonds is 4. The molecule has 0 amide bonds. The second-order valence-electron chi connectivity index (χ2n) is 5.60. The maximum atomic E-state index is 12.7. The Hall–Kier alpha value is -0.470. The van der Waals surface area contributed by atoms with E-state index in [0.29, 0.717) is 11.0 Å². The number of nitrogens with one attached hydrogen (secondary N) is 1. The highest BCUT2D eigenvalue weighted by Gasteiger charge is 2.30. The van der Waals surface area contributed by atoms with Crippen LogP contribution >= 0.6 is 15.9 Å². The molecule has 1 aliphatic rings. The molecule has 0 aromatic heterocycles. The SMILES string of the molecule is CC1CCCC(C)N1NS(=O)(=O)c1cc(CN)ccc1Br. The van der Waals surface area contributed by atoms with Gasteiger partial charge in [-0.1, -0.05) is 12.5 Å². The van der Waals surface area contributed by atoms with Crippen LogP contribution in [0.4, 0.5) is 0 Å². The number of piperidine rings is 1. The Labute approximate surface area is 135 Å². The molecule has 1 aromatic rings. The lowest BCUT2D eigenvalue weighted by molar-refractivity contribution is 0.0790. The molecular weight excluding hydrogens is 354 g/mol. The predicted octanol–water partition coefficient (Wildman–Crippen LogP) is 2.36. The minimum atomic E-state index is -3.62. The lowest BCUT2D eigenvalue weighted by Gasteiger charge is -2.38. The minimum Gasteiger partial charge on any atom is -0.326 e. The number of hydrogen-bond acceptors (Lipinski definition) is 4. The molecule has 1 fully saturated rings. The summed E-state index contributed by atoms with van der Waals surface area (Å²) in [5, 5.41) is 1.85. The predicted molar refractivity (Wildman–Crippen MR) is 87.0 cm³/mol. The van der Waals surface area contributed by atoms with Crippen LogP contribution in [0.2, 0.25) is 0 Å². The third-order valence-electron chi connectivity index (χ3n) is 3.94. The van der Waals surface area contributed by atoms with Crippen molar-refractivity contribution in [1.82, 2.24) is 9.84 Å². The average Bonchev–Trinajstić information content (AvgIpc) is 2.43. The molecule has 1 aliphatic heterocycles. The third-order valence-corrected chi connectivity index (χ3v) is 6.26. The van der Waals surface area contributed by atoms with Crippen LogP contribution < -0.4 is 10.6 Å². The van der Waals surface area contributed by atoms with Crippen molar-refractivity contribution in [2.75, 3.05) is 0 Å². The van der Waals surface area contributed by atoms with E-state index in [0.717, 1.165) is 24.8 Å². The largest absolute Gasteiger partial charge is 0.326 e. The third kappa shape index (κ3) is 3.84. The summed E-state index contributed by atoms with van der Waals surface area (Å²) in [6.07, 6.45) is 3.13. The fourth-order valence-electron chi connectivity index (χ4n) is 2.67. The number of nitrogens with two attached hydrogens (primary N) is 1. The lowest BCUT2D eigenvalue weighted by Crippen LogP contribution is -2.54. The molecule has 2 rings (SSSR count). The fourth-order valence-corrected chi connectivity index (χ4v) is 4.92. The summed E-state index contributed by atoms with van der Waals surface area (Å²) in [4.78, 5) is 2.97. The fraction of sp³-hybridized carbons (Fsp3) is 0.571. The zero-order chi connectivity index (χ0) is 15.6. The van der Waals surface area contributed by atoms with Crippen LogP contribution in [0.15, 0.2) is 27.6 Å². The Balaban J connectivity index is 2.29. The quantitative estimate of drug-likeness (QED) is 0.846. The standard InChI is InChI=1S/C14H22BrN3O2S/c1-10-4-3-5-11(2)18(10)17-21(19,20)14-8-12(9-16)6-7-13(14)15/h6-8,10-11,17H,3-5,9,16H2,1-2H3. The summed E-state index contributed by atoms with van der Waals surface area (Å²) in [6, 6.07) is 5.54. The first-order valence-electron chi connectivity index (χ1n) is 7.14. The van der Waals surface area contributed by atoms with Gasteiger partial charge in [0.05, 0.1) is 4.90 Å². The summed E-state index contributed by atoms with van der Waals surface area (Å²) in [6.45, 7) is 4.40. The van der Waals surface area contributed by atoms with Crippen LogP contribution in [-0.4, -0.2) is 25.5 Å². The summed E-state index contributed by atoms with van der Waals surface area (Å²) in [7, 11) is -3.62. The van der Waals surface area contributed by atoms with Crippen LogP contribution in [0, 0.1) is 0 Å². The average molecular weight is 376 g/mol. The Morgan fingerprint density at radius 3 is 2.52 bits per heavy atom. The van der Waals surface area contributed by atoms with E-state index in [4.69, 9.17) is 5.73 Å². The van der Waals surface area contributed by atoms with Gasteiger partial charge in [-0.2, -0.15) is 0 Å². The number of nitrogens with zero attached hydrogens (tertiary/aromatic N) is 1. The van der Waals surface area contributed by atoms with E-state index < -0.39 is 10.0 Å². The van der Waals surface area contributed by atoms with Crippen molar-refractivity contribution in [3.63, 3.8) is 0 Å². The topological polar surface area (TPSA) is 75.4 Å². The van der Waals surface area contributed by atoms with E-state index in [1.807, 2.05) is 24.9 Å². The molecule has 118 valence electrons. The lowest BCUT2D eigenvalue weighted by atomic mass is 10.0. The number of halogens is 1. The molecule has 0 bridgehead atoms. The minimum absolute atomic E-state index is 0.194. The molecule has 1 saturated heterocycles. The first-order chi connectivity index (χ1) is 9.85. The second-order valence-corrected chi connectivity index (χ2v) is 8.08. The van der Waals surface area contributed by atoms with E-state index >= 15 is 0 Å². The highest BCUT2D eigenvalue weighted by Crippen LogP contribution is 2.26. The summed E-state index contributed by atoms with van der Waals surface area (Å²) in [5.41, 5.74) is 6.39. The first-order valence-corrected chi connectivity index (χ1v) is 9.42. The molecule has 3 N–H and O–H groups in total. The maximum Gasteiger partial charge on any atom is 0.254 e. The number of hydrogen-bond donors (Lipinski definition) is 2. The van der Waals surface area contributed by atoms with Crippen molar-refractivity contribution < 1.29 is 8.42 Å². The first kappa shape index (κ1) is 16.9. The smallest absolute Gasteiger partial charge is 0.254 e. The van der Waals surface area contributed by atoms with Gasteiger partial charge in [-0.05, 0) is 60.3 Å². The van der Waals surface area contributed by atoms with Gasteiger partial charge in [0.2, 0.25) is 0 Å². The van der Waals surface area contributed by atoms with Gasteiger partial charge in [0, 0.05) is 23.1 Å². The Kier molecular flexibility index (Phi) is 5.43. The van der Waals surface area contributed by atoms with Crippen molar-refractivity contribution in [3.05, 3.63) is 28.2 Å². The second kappa shape index (κ2) is 6.75. The zero-order valence-corrected chi connectivity index (χ0v) is 14.7. The molecule has 2 unspecified atom stereocenters. The molecule has 0 saturated carbocycles. The van der Waals surface area contributed by atoms with Gasteiger partial charge in [-0.25, -0.2) is 13.4 Å². The van der Waals surface area contributed by atoms with Gasteiger partial charge in [0.25, 0.3) is 10.0 Å². The molecule has 0 radical (unpaired) electrons. The highest BCUT2D eigenvalue weighted by molar-refractivity contribution is 9.10. The highest BCUT2D eigenvalue weighted by atomic mass is 79.9. The molecule has 0 spiro atoms. The van der Waals surface area contributed by atoms with Crippen LogP contribution in [0.3, 0.4) is 0 Å². The van der Waals surface area contributed by atoms with Gasteiger partial charge in [0.1, 0.15) is 0 Å². The Morgan fingerprint density at radius 1 is 1.33 bits per heavy atom. The zero-order valence-electron chi connectivity index (χ0n) is 12.3. The van der Waals surface area contributed by atoms with Crippen molar-refractivity contribution in [1.29, 1.82) is 0 Å². The van der Waals surface area contributed by atoms with Crippen LogP contribution in [0.1, 0.15) is 38.7 Å². The van der Waals surface area contributed by atoms with E-state index in [1.54, 1.807) is 12.1 Å². The van der Waals surface area contributed by atoms with E-state index in [1.165, 1.54) is 0 Å². The van der Waals surface area contributed by atoms with Crippen LogP contribution in [0.5, 0.6) is 0 Å². The summed E-state index contributed by atoms with van der Waals surface area (Å²) in [5.74, 6) is 0. The Bertz CT molecular complexity index is 596. The molecule has 21 heavy (non-hydrogen) atoms. The molecule has 0 aliphatic carbocycles. The van der Waals surface area contributed by atoms with Crippen LogP contribution in [-0.2, 0) is 16.6 Å². The van der Waals surface area contributed by atoms with Gasteiger partial charge >= 0.3 is 0 Å². The number of hydrazine groups is 1. The molecule has 1 heterocycles. The molecule has 7 heteroatoms. The van der Waals surface area contributed by atoms with Crippen LogP contribution in [0.25, 0.3) is 0 Å². The number of benzene rings is 1. The van der Waals surface area contributed by atoms with Gasteiger partial charge in [0.15, 0.2) is 0 Å². The monoisotopic (exact) mass is 375 g/mol. The maximum absolute atomic E-state index is 12.7. The van der Waals surface area contributed by atoms with Gasteiger partial charge in [-0.15, -0.1) is 4.83 Å². The number of sulfonamides is 1.